The van der Waals surface area contributed by atoms with Crippen LogP contribution in [0.25, 0.3) is 0 Å². The van der Waals surface area contributed by atoms with E-state index in [0.717, 1.165) is 12.7 Å². The second-order valence-electron chi connectivity index (χ2n) is 4.80. The summed E-state index contributed by atoms with van der Waals surface area (Å²) in [5.41, 5.74) is 0.227. The van der Waals surface area contributed by atoms with Gasteiger partial charge in [0.15, 0.2) is 9.84 Å². The molecule has 0 spiro atoms. The van der Waals surface area contributed by atoms with Gasteiger partial charge in [-0.05, 0) is 30.7 Å². The lowest BCUT2D eigenvalue weighted by Gasteiger charge is -2.14. The summed E-state index contributed by atoms with van der Waals surface area (Å²) in [6.07, 6.45) is 2.97. The largest absolute Gasteiger partial charge is 0.480 e. The molecule has 1 rings (SSSR count). The first-order valence-electron chi connectivity index (χ1n) is 6.59. The van der Waals surface area contributed by atoms with Crippen molar-refractivity contribution in [2.24, 2.45) is 0 Å². The average Bonchev–Trinajstić information content (AvgIpc) is 2.42. The van der Waals surface area contributed by atoms with Crippen LogP contribution in [-0.4, -0.2) is 37.7 Å². The zero-order chi connectivity index (χ0) is 16.0. The SMILES string of the molecule is CCCCC(NC(=O)c1ccc(S(C)(=O)=O)cc1)C(=O)O. The highest BCUT2D eigenvalue weighted by Gasteiger charge is 2.20. The first-order valence-corrected chi connectivity index (χ1v) is 8.48. The van der Waals surface area contributed by atoms with Gasteiger partial charge in [0.2, 0.25) is 0 Å². The summed E-state index contributed by atoms with van der Waals surface area (Å²) in [6, 6.07) is 4.44. The van der Waals surface area contributed by atoms with E-state index in [1.807, 2.05) is 6.92 Å². The quantitative estimate of drug-likeness (QED) is 0.793. The molecule has 0 saturated heterocycles. The van der Waals surface area contributed by atoms with Crippen molar-refractivity contribution in [3.63, 3.8) is 0 Å². The van der Waals surface area contributed by atoms with Crippen LogP contribution in [0.3, 0.4) is 0 Å². The zero-order valence-electron chi connectivity index (χ0n) is 12.0. The van der Waals surface area contributed by atoms with E-state index in [0.29, 0.717) is 12.8 Å². The number of hydrogen-bond donors (Lipinski definition) is 2. The fourth-order valence-corrected chi connectivity index (χ4v) is 2.39. The molecule has 0 fully saturated rings. The van der Waals surface area contributed by atoms with Gasteiger partial charge in [-0.25, -0.2) is 13.2 Å². The molecule has 0 aromatic heterocycles. The van der Waals surface area contributed by atoms with Gasteiger partial charge in [0, 0.05) is 11.8 Å². The molecule has 0 aliphatic heterocycles. The number of hydrogen-bond acceptors (Lipinski definition) is 4. The van der Waals surface area contributed by atoms with Gasteiger partial charge in [0.05, 0.1) is 4.90 Å². The van der Waals surface area contributed by atoms with Gasteiger partial charge in [-0.3, -0.25) is 4.79 Å². The van der Waals surface area contributed by atoms with Crippen molar-refractivity contribution in [3.8, 4) is 0 Å². The van der Waals surface area contributed by atoms with Gasteiger partial charge in [-0.1, -0.05) is 19.8 Å². The van der Waals surface area contributed by atoms with Gasteiger partial charge < -0.3 is 10.4 Å². The van der Waals surface area contributed by atoms with Gasteiger partial charge >= 0.3 is 5.97 Å². The number of aliphatic carboxylic acids is 1. The molecule has 116 valence electrons. The minimum Gasteiger partial charge on any atom is -0.480 e. The third-order valence-corrected chi connectivity index (χ3v) is 4.12. The predicted octanol–water partition coefficient (Wildman–Crippen LogP) is 1.46. The van der Waals surface area contributed by atoms with Crippen LogP contribution < -0.4 is 5.32 Å². The number of amides is 1. The lowest BCUT2D eigenvalue weighted by Crippen LogP contribution is -2.40. The molecule has 0 heterocycles. The minimum atomic E-state index is -3.32. The summed E-state index contributed by atoms with van der Waals surface area (Å²) in [5.74, 6) is -1.61. The number of carboxylic acids is 1. The second kappa shape index (κ2) is 7.21. The highest BCUT2D eigenvalue weighted by Crippen LogP contribution is 2.11. The number of benzene rings is 1. The normalized spacial score (nSPS) is 12.7. The maximum absolute atomic E-state index is 12.0. The predicted molar refractivity (Wildman–Crippen MR) is 78.0 cm³/mol. The summed E-state index contributed by atoms with van der Waals surface area (Å²) in [7, 11) is -3.32. The maximum Gasteiger partial charge on any atom is 0.326 e. The van der Waals surface area contributed by atoms with E-state index in [1.165, 1.54) is 24.3 Å². The Bertz CT molecular complexity index is 607. The van der Waals surface area contributed by atoms with Gasteiger partial charge in [-0.15, -0.1) is 0 Å². The Hall–Kier alpha value is -1.89. The van der Waals surface area contributed by atoms with Crippen molar-refractivity contribution in [2.75, 3.05) is 6.26 Å². The minimum absolute atomic E-state index is 0.111. The Kier molecular flexibility index (Phi) is 5.90. The van der Waals surface area contributed by atoms with Crippen molar-refractivity contribution in [1.29, 1.82) is 0 Å². The standard InChI is InChI=1S/C14H19NO5S/c1-3-4-5-12(14(17)18)15-13(16)10-6-8-11(9-7-10)21(2,19)20/h6-9,12H,3-5H2,1-2H3,(H,15,16)(H,17,18). The third-order valence-electron chi connectivity index (χ3n) is 2.99. The first kappa shape index (κ1) is 17.2. The van der Waals surface area contributed by atoms with Crippen LogP contribution in [0.2, 0.25) is 0 Å². The van der Waals surface area contributed by atoms with Crippen LogP contribution in [0.4, 0.5) is 0 Å². The lowest BCUT2D eigenvalue weighted by molar-refractivity contribution is -0.139. The zero-order valence-corrected chi connectivity index (χ0v) is 12.8. The molecule has 0 radical (unpaired) electrons. The van der Waals surface area contributed by atoms with E-state index >= 15 is 0 Å². The summed E-state index contributed by atoms with van der Waals surface area (Å²) >= 11 is 0. The number of carbonyl (C=O) groups is 2. The lowest BCUT2D eigenvalue weighted by atomic mass is 10.1. The smallest absolute Gasteiger partial charge is 0.326 e. The van der Waals surface area contributed by atoms with Crippen molar-refractivity contribution >= 4 is 21.7 Å². The van der Waals surface area contributed by atoms with Crippen LogP contribution in [0.5, 0.6) is 0 Å². The van der Waals surface area contributed by atoms with Crippen molar-refractivity contribution in [1.82, 2.24) is 5.32 Å². The molecule has 0 bridgehead atoms. The fourth-order valence-electron chi connectivity index (χ4n) is 1.76. The van der Waals surface area contributed by atoms with Crippen LogP contribution in [0, 0.1) is 0 Å². The van der Waals surface area contributed by atoms with E-state index in [2.05, 4.69) is 5.32 Å². The van der Waals surface area contributed by atoms with E-state index < -0.39 is 27.8 Å². The number of nitrogens with one attached hydrogen (secondary N) is 1. The molecule has 0 aliphatic carbocycles. The first-order chi connectivity index (χ1) is 9.75. The number of carboxylic acid groups (broad SMARTS) is 1. The number of sulfone groups is 1. The number of rotatable bonds is 7. The van der Waals surface area contributed by atoms with Crippen LogP contribution in [0.15, 0.2) is 29.2 Å². The topological polar surface area (TPSA) is 101 Å². The summed E-state index contributed by atoms with van der Waals surface area (Å²) in [4.78, 5) is 23.1. The van der Waals surface area contributed by atoms with E-state index in [-0.39, 0.29) is 10.5 Å². The molecule has 7 heteroatoms. The van der Waals surface area contributed by atoms with E-state index in [9.17, 15) is 18.0 Å². The highest BCUT2D eigenvalue weighted by molar-refractivity contribution is 7.90. The molecule has 0 aliphatic rings. The fraction of sp³-hybridized carbons (Fsp3) is 0.429. The Morgan fingerprint density at radius 3 is 2.24 bits per heavy atom. The molecule has 1 amide bonds. The molecular formula is C14H19NO5S. The highest BCUT2D eigenvalue weighted by atomic mass is 32.2. The average molecular weight is 313 g/mol. The molecule has 2 N–H and O–H groups in total. The Morgan fingerprint density at radius 1 is 1.24 bits per heavy atom. The molecule has 1 aromatic rings. The monoisotopic (exact) mass is 313 g/mol. The van der Waals surface area contributed by atoms with E-state index in [1.54, 1.807) is 0 Å². The molecule has 21 heavy (non-hydrogen) atoms. The molecule has 1 unspecified atom stereocenters. The summed E-state index contributed by atoms with van der Waals surface area (Å²) in [5, 5.41) is 11.5. The number of carbonyl (C=O) groups excluding carboxylic acids is 1. The Labute approximate surface area is 124 Å². The van der Waals surface area contributed by atoms with E-state index in [4.69, 9.17) is 5.11 Å². The summed E-state index contributed by atoms with van der Waals surface area (Å²) < 4.78 is 22.6. The van der Waals surface area contributed by atoms with Crippen molar-refractivity contribution in [2.45, 2.75) is 37.1 Å². The van der Waals surface area contributed by atoms with Crippen molar-refractivity contribution in [3.05, 3.63) is 29.8 Å². The van der Waals surface area contributed by atoms with Crippen LogP contribution >= 0.6 is 0 Å². The second-order valence-corrected chi connectivity index (χ2v) is 6.82. The molecular weight excluding hydrogens is 294 g/mol. The molecule has 1 atom stereocenters. The molecule has 0 saturated carbocycles. The molecule has 6 nitrogen and oxygen atoms in total. The van der Waals surface area contributed by atoms with Gasteiger partial charge in [0.25, 0.3) is 5.91 Å². The summed E-state index contributed by atoms with van der Waals surface area (Å²) in [6.45, 7) is 1.94. The van der Waals surface area contributed by atoms with Crippen LogP contribution in [0.1, 0.15) is 36.5 Å². The third kappa shape index (κ3) is 5.18. The van der Waals surface area contributed by atoms with Crippen LogP contribution in [-0.2, 0) is 14.6 Å². The van der Waals surface area contributed by atoms with Crippen molar-refractivity contribution < 1.29 is 23.1 Å². The van der Waals surface area contributed by atoms with Gasteiger partial charge in [-0.2, -0.15) is 0 Å². The molecule has 1 aromatic carbocycles. The maximum atomic E-state index is 12.0. The van der Waals surface area contributed by atoms with Gasteiger partial charge in [0.1, 0.15) is 6.04 Å². The Balaban J connectivity index is 2.81. The number of unbranched alkanes of at least 4 members (excludes halogenated alkanes) is 1. The Morgan fingerprint density at radius 2 is 1.81 bits per heavy atom.